The normalized spacial score (nSPS) is 10.8. The maximum absolute atomic E-state index is 12.6. The van der Waals surface area contributed by atoms with Gasteiger partial charge in [-0.05, 0) is 48.7 Å². The van der Waals surface area contributed by atoms with Crippen LogP contribution in [0.1, 0.15) is 44.1 Å². The number of carbonyl (C=O) groups excluding carboxylic acids is 1. The largest absolute Gasteiger partial charge is 0.489 e. The van der Waals surface area contributed by atoms with Gasteiger partial charge < -0.3 is 19.3 Å². The van der Waals surface area contributed by atoms with E-state index in [2.05, 4.69) is 10.5 Å². The molecule has 0 radical (unpaired) electrons. The SMILES string of the molecule is Cc1noc(C)c1COc1cccc(C(=O)NCc2ccc(COCc3ccccc3)cc2)c1. The molecule has 3 aromatic carbocycles. The van der Waals surface area contributed by atoms with Gasteiger partial charge in [0, 0.05) is 12.1 Å². The highest BCUT2D eigenvalue weighted by Gasteiger charge is 2.11. The molecule has 6 nitrogen and oxygen atoms in total. The first kappa shape index (κ1) is 23.3. The molecule has 0 atom stereocenters. The van der Waals surface area contributed by atoms with Crippen molar-refractivity contribution in [1.29, 1.82) is 0 Å². The second kappa shape index (κ2) is 11.3. The lowest BCUT2D eigenvalue weighted by Gasteiger charge is -2.10. The Hall–Kier alpha value is -3.90. The molecule has 0 saturated carbocycles. The van der Waals surface area contributed by atoms with E-state index in [1.165, 1.54) is 0 Å². The van der Waals surface area contributed by atoms with Gasteiger partial charge in [0.2, 0.25) is 0 Å². The number of amides is 1. The second-order valence-corrected chi connectivity index (χ2v) is 8.10. The third-order valence-corrected chi connectivity index (χ3v) is 5.52. The number of benzene rings is 3. The van der Waals surface area contributed by atoms with E-state index in [1.54, 1.807) is 12.1 Å². The minimum atomic E-state index is -0.155. The maximum atomic E-state index is 12.6. The molecule has 0 fully saturated rings. The van der Waals surface area contributed by atoms with Gasteiger partial charge >= 0.3 is 0 Å². The van der Waals surface area contributed by atoms with Crippen LogP contribution in [0.4, 0.5) is 0 Å². The van der Waals surface area contributed by atoms with Crippen LogP contribution in [0.2, 0.25) is 0 Å². The van der Waals surface area contributed by atoms with Gasteiger partial charge in [-0.1, -0.05) is 65.8 Å². The van der Waals surface area contributed by atoms with Crippen molar-refractivity contribution in [3.8, 4) is 5.75 Å². The first-order valence-corrected chi connectivity index (χ1v) is 11.2. The van der Waals surface area contributed by atoms with E-state index < -0.39 is 0 Å². The van der Waals surface area contributed by atoms with E-state index >= 15 is 0 Å². The molecule has 34 heavy (non-hydrogen) atoms. The molecule has 0 bridgehead atoms. The Bertz CT molecular complexity index is 1200. The molecule has 0 spiro atoms. The number of aryl methyl sites for hydroxylation is 2. The molecule has 6 heteroatoms. The van der Waals surface area contributed by atoms with E-state index in [1.807, 2.05) is 80.6 Å². The van der Waals surface area contributed by atoms with Crippen molar-refractivity contribution in [2.75, 3.05) is 0 Å². The highest BCUT2D eigenvalue weighted by atomic mass is 16.5. The zero-order valence-electron chi connectivity index (χ0n) is 19.4. The smallest absolute Gasteiger partial charge is 0.251 e. The Morgan fingerprint density at radius 3 is 2.26 bits per heavy atom. The number of nitrogens with one attached hydrogen (secondary N) is 1. The van der Waals surface area contributed by atoms with Crippen molar-refractivity contribution in [1.82, 2.24) is 10.5 Å². The maximum Gasteiger partial charge on any atom is 0.251 e. The van der Waals surface area contributed by atoms with Crippen molar-refractivity contribution in [3.05, 3.63) is 118 Å². The standard InChI is InChI=1S/C28H28N2O4/c1-20-27(21(2)34-30-20)19-33-26-10-6-9-25(15-26)28(31)29-16-22-11-13-24(14-12-22)18-32-17-23-7-4-3-5-8-23/h3-15H,16-19H2,1-2H3,(H,29,31). The number of aromatic nitrogens is 1. The van der Waals surface area contributed by atoms with Gasteiger partial charge in [0.1, 0.15) is 18.1 Å². The van der Waals surface area contributed by atoms with Gasteiger partial charge in [-0.25, -0.2) is 0 Å². The fourth-order valence-electron chi connectivity index (χ4n) is 3.49. The van der Waals surface area contributed by atoms with Crippen molar-refractivity contribution < 1.29 is 18.8 Å². The Kier molecular flexibility index (Phi) is 7.73. The summed E-state index contributed by atoms with van der Waals surface area (Å²) in [6.07, 6.45) is 0. The molecule has 4 aromatic rings. The van der Waals surface area contributed by atoms with E-state index in [4.69, 9.17) is 14.0 Å². The Morgan fingerprint density at radius 1 is 0.853 bits per heavy atom. The van der Waals surface area contributed by atoms with Crippen LogP contribution in [0.5, 0.6) is 5.75 Å². The summed E-state index contributed by atoms with van der Waals surface area (Å²) in [5, 5.41) is 6.90. The van der Waals surface area contributed by atoms with Crippen LogP contribution in [0.15, 0.2) is 83.4 Å². The molecule has 174 valence electrons. The predicted octanol–water partition coefficient (Wildman–Crippen LogP) is 5.52. The van der Waals surface area contributed by atoms with Crippen molar-refractivity contribution in [3.63, 3.8) is 0 Å². The fourth-order valence-corrected chi connectivity index (χ4v) is 3.49. The lowest BCUT2D eigenvalue weighted by atomic mass is 10.1. The topological polar surface area (TPSA) is 73.6 Å². The van der Waals surface area contributed by atoms with Crippen LogP contribution < -0.4 is 10.1 Å². The van der Waals surface area contributed by atoms with Crippen LogP contribution in [0, 0.1) is 13.8 Å². The number of hydrogen-bond acceptors (Lipinski definition) is 5. The summed E-state index contributed by atoms with van der Waals surface area (Å²) in [6.45, 7) is 5.64. The molecule has 0 unspecified atom stereocenters. The van der Waals surface area contributed by atoms with Gasteiger partial charge in [-0.3, -0.25) is 4.79 Å². The van der Waals surface area contributed by atoms with Crippen LogP contribution in [0.3, 0.4) is 0 Å². The average Bonchev–Trinajstić information content (AvgIpc) is 3.19. The number of nitrogens with zero attached hydrogens (tertiary/aromatic N) is 1. The monoisotopic (exact) mass is 456 g/mol. The predicted molar refractivity (Wildman–Crippen MR) is 129 cm³/mol. The molecule has 0 aliphatic heterocycles. The average molecular weight is 457 g/mol. The number of rotatable bonds is 10. The highest BCUT2D eigenvalue weighted by Crippen LogP contribution is 2.19. The number of ether oxygens (including phenoxy) is 2. The van der Waals surface area contributed by atoms with Crippen molar-refractivity contribution in [2.24, 2.45) is 0 Å². The fraction of sp³-hybridized carbons (Fsp3) is 0.214. The molecular formula is C28H28N2O4. The molecule has 1 N–H and O–H groups in total. The molecular weight excluding hydrogens is 428 g/mol. The molecule has 1 heterocycles. The molecule has 0 aliphatic rings. The van der Waals surface area contributed by atoms with E-state index in [0.29, 0.717) is 37.7 Å². The van der Waals surface area contributed by atoms with Gasteiger partial charge in [0.25, 0.3) is 5.91 Å². The van der Waals surface area contributed by atoms with Crippen LogP contribution >= 0.6 is 0 Å². The molecule has 1 aromatic heterocycles. The lowest BCUT2D eigenvalue weighted by Crippen LogP contribution is -2.22. The summed E-state index contributed by atoms with van der Waals surface area (Å²) in [7, 11) is 0. The summed E-state index contributed by atoms with van der Waals surface area (Å²) < 4.78 is 16.8. The minimum Gasteiger partial charge on any atom is -0.489 e. The summed E-state index contributed by atoms with van der Waals surface area (Å²) in [6, 6.07) is 25.3. The van der Waals surface area contributed by atoms with Crippen molar-refractivity contribution in [2.45, 2.75) is 40.2 Å². The van der Waals surface area contributed by atoms with E-state index in [0.717, 1.165) is 33.7 Å². The first-order chi connectivity index (χ1) is 16.6. The molecule has 0 aliphatic carbocycles. The van der Waals surface area contributed by atoms with Gasteiger partial charge in [0.15, 0.2) is 0 Å². The van der Waals surface area contributed by atoms with E-state index in [-0.39, 0.29) is 5.91 Å². The third kappa shape index (κ3) is 6.33. The highest BCUT2D eigenvalue weighted by molar-refractivity contribution is 5.94. The van der Waals surface area contributed by atoms with Crippen LogP contribution in [-0.2, 0) is 31.1 Å². The molecule has 0 saturated heterocycles. The zero-order chi connectivity index (χ0) is 23.8. The summed E-state index contributed by atoms with van der Waals surface area (Å²) in [5.41, 5.74) is 5.53. The van der Waals surface area contributed by atoms with Crippen LogP contribution in [0.25, 0.3) is 0 Å². The Morgan fingerprint density at radius 2 is 1.56 bits per heavy atom. The lowest BCUT2D eigenvalue weighted by molar-refractivity contribution is 0.0950. The molecule has 1 amide bonds. The van der Waals surface area contributed by atoms with Gasteiger partial charge in [-0.15, -0.1) is 0 Å². The number of hydrogen-bond donors (Lipinski definition) is 1. The minimum absolute atomic E-state index is 0.155. The molecule has 4 rings (SSSR count). The Labute approximate surface area is 199 Å². The zero-order valence-corrected chi connectivity index (χ0v) is 19.4. The van der Waals surface area contributed by atoms with Gasteiger partial charge in [0.05, 0.1) is 24.5 Å². The quantitative estimate of drug-likeness (QED) is 0.340. The van der Waals surface area contributed by atoms with E-state index in [9.17, 15) is 4.79 Å². The summed E-state index contributed by atoms with van der Waals surface area (Å²) in [5.74, 6) is 1.20. The van der Waals surface area contributed by atoms with Crippen LogP contribution in [-0.4, -0.2) is 11.1 Å². The summed E-state index contributed by atoms with van der Waals surface area (Å²) >= 11 is 0. The van der Waals surface area contributed by atoms with Crippen molar-refractivity contribution >= 4 is 5.91 Å². The van der Waals surface area contributed by atoms with Gasteiger partial charge in [-0.2, -0.15) is 0 Å². The third-order valence-electron chi connectivity index (χ3n) is 5.52. The Balaban J connectivity index is 1.25. The second-order valence-electron chi connectivity index (χ2n) is 8.10. The number of carbonyl (C=O) groups is 1. The summed E-state index contributed by atoms with van der Waals surface area (Å²) in [4.78, 5) is 12.6. The first-order valence-electron chi connectivity index (χ1n) is 11.2.